The predicted octanol–water partition coefficient (Wildman–Crippen LogP) is -2.66. The molecule has 0 unspecified atom stereocenters. The van der Waals surface area contributed by atoms with E-state index in [1.165, 1.54) is 17.2 Å². The number of nitrogens with zero attached hydrogens (tertiary/aromatic N) is 4. The van der Waals surface area contributed by atoms with E-state index in [0.29, 0.717) is 11.2 Å². The molecular weight excluding hydrogens is 374 g/mol. The van der Waals surface area contributed by atoms with Crippen LogP contribution < -0.4 is 16.8 Å². The zero-order valence-corrected chi connectivity index (χ0v) is 14.7. The summed E-state index contributed by atoms with van der Waals surface area (Å²) in [4.78, 5) is 34.9. The quantitative estimate of drug-likeness (QED) is 0.284. The molecule has 152 valence electrons. The molecule has 2 aromatic heterocycles. The fraction of sp³-hybridized carbons (Fsp3) is 0.533. The molecule has 3 rings (SSSR count). The van der Waals surface area contributed by atoms with Crippen molar-refractivity contribution in [3.63, 3.8) is 0 Å². The van der Waals surface area contributed by atoms with E-state index in [9.17, 15) is 19.8 Å². The lowest BCUT2D eigenvalue weighted by molar-refractivity contribution is -0.137. The van der Waals surface area contributed by atoms with Crippen molar-refractivity contribution in [3.8, 4) is 0 Å². The number of aromatic nitrogens is 4. The summed E-state index contributed by atoms with van der Waals surface area (Å²) in [6, 6.07) is -2.06. The number of hydrogen-bond acceptors (Lipinski definition) is 10. The topological polar surface area (TPSA) is 212 Å². The molecule has 0 aromatic carbocycles. The van der Waals surface area contributed by atoms with Crippen LogP contribution in [0.25, 0.3) is 11.2 Å². The molecule has 13 nitrogen and oxygen atoms in total. The lowest BCUT2D eigenvalue weighted by atomic mass is 10.1. The number of aliphatic carboxylic acids is 1. The van der Waals surface area contributed by atoms with Gasteiger partial charge in [-0.1, -0.05) is 0 Å². The second-order valence-electron chi connectivity index (χ2n) is 6.39. The summed E-state index contributed by atoms with van der Waals surface area (Å²) >= 11 is 0. The van der Waals surface area contributed by atoms with E-state index in [1.807, 2.05) is 0 Å². The smallest absolute Gasteiger partial charge is 0.303 e. The van der Waals surface area contributed by atoms with Crippen molar-refractivity contribution in [2.75, 3.05) is 12.3 Å². The van der Waals surface area contributed by atoms with E-state index in [2.05, 4.69) is 20.3 Å². The van der Waals surface area contributed by atoms with Gasteiger partial charge in [0.1, 0.15) is 24.1 Å². The number of carboxylic acid groups (broad SMARTS) is 1. The molecule has 0 radical (unpaired) electrons. The second kappa shape index (κ2) is 8.02. The molecule has 1 amide bonds. The highest BCUT2D eigenvalue weighted by molar-refractivity contribution is 5.83. The Morgan fingerprint density at radius 2 is 2.11 bits per heavy atom. The van der Waals surface area contributed by atoms with E-state index in [0.717, 1.165) is 0 Å². The summed E-state index contributed by atoms with van der Waals surface area (Å²) in [7, 11) is 0. The highest BCUT2D eigenvalue weighted by Crippen LogP contribution is 2.31. The fourth-order valence-corrected chi connectivity index (χ4v) is 3.04. The van der Waals surface area contributed by atoms with Crippen LogP contribution in [0.3, 0.4) is 0 Å². The molecular formula is C15H21N7O6. The molecule has 0 saturated carbocycles. The average molecular weight is 395 g/mol. The largest absolute Gasteiger partial charge is 0.481 e. The van der Waals surface area contributed by atoms with Crippen LogP contribution in [0.5, 0.6) is 0 Å². The standard InChI is InChI=1S/C15H21N7O6/c16-6(1-2-8(24)25)14(27)21-9-7(3-23)28-15(11(9)26)22-5-20-10-12(17)18-4-19-13(10)22/h4-7,9,11,15,23,26H,1-3,16H2,(H,21,27)(H,24,25)(H2,17,18,19)/t6-,7+,9-,11-,15+/m1/s1. The molecule has 5 atom stereocenters. The van der Waals surface area contributed by atoms with Crippen molar-refractivity contribution in [1.29, 1.82) is 0 Å². The molecule has 8 N–H and O–H groups in total. The van der Waals surface area contributed by atoms with Gasteiger partial charge >= 0.3 is 5.97 Å². The molecule has 1 aliphatic rings. The first-order valence-electron chi connectivity index (χ1n) is 8.48. The maximum Gasteiger partial charge on any atom is 0.303 e. The monoisotopic (exact) mass is 395 g/mol. The van der Waals surface area contributed by atoms with Crippen LogP contribution in [-0.2, 0) is 14.3 Å². The van der Waals surface area contributed by atoms with E-state index < -0.39 is 49.0 Å². The van der Waals surface area contributed by atoms with Gasteiger partial charge in [-0.05, 0) is 6.42 Å². The summed E-state index contributed by atoms with van der Waals surface area (Å²) in [6.07, 6.45) is -0.930. The molecule has 28 heavy (non-hydrogen) atoms. The normalized spacial score (nSPS) is 25.7. The number of anilines is 1. The van der Waals surface area contributed by atoms with Crippen LogP contribution in [-0.4, -0.2) is 77.6 Å². The van der Waals surface area contributed by atoms with Gasteiger partial charge in [-0.2, -0.15) is 0 Å². The zero-order chi connectivity index (χ0) is 20.4. The summed E-state index contributed by atoms with van der Waals surface area (Å²) in [5.41, 5.74) is 12.1. The van der Waals surface area contributed by atoms with Gasteiger partial charge in [0.2, 0.25) is 5.91 Å². The number of aliphatic hydroxyl groups is 2. The van der Waals surface area contributed by atoms with Crippen LogP contribution in [0.1, 0.15) is 19.1 Å². The third-order valence-corrected chi connectivity index (χ3v) is 4.53. The Morgan fingerprint density at radius 1 is 1.36 bits per heavy atom. The van der Waals surface area contributed by atoms with Crippen LogP contribution in [0.2, 0.25) is 0 Å². The summed E-state index contributed by atoms with van der Waals surface area (Å²) in [5, 5.41) is 31.5. The van der Waals surface area contributed by atoms with Crippen LogP contribution in [0, 0.1) is 0 Å². The third kappa shape index (κ3) is 3.73. The number of nitrogens with one attached hydrogen (secondary N) is 1. The van der Waals surface area contributed by atoms with Gasteiger partial charge < -0.3 is 36.8 Å². The Hall–Kier alpha value is -2.87. The van der Waals surface area contributed by atoms with Crippen molar-refractivity contribution in [3.05, 3.63) is 12.7 Å². The van der Waals surface area contributed by atoms with Gasteiger partial charge in [-0.25, -0.2) is 15.0 Å². The number of nitrogen functional groups attached to an aromatic ring is 1. The van der Waals surface area contributed by atoms with Crippen molar-refractivity contribution in [1.82, 2.24) is 24.8 Å². The lowest BCUT2D eigenvalue weighted by Gasteiger charge is -2.22. The predicted molar refractivity (Wildman–Crippen MR) is 93.5 cm³/mol. The molecule has 2 aromatic rings. The number of carbonyl (C=O) groups is 2. The minimum absolute atomic E-state index is 0.0690. The minimum atomic E-state index is -1.26. The number of carboxylic acids is 1. The number of ether oxygens (including phenoxy) is 1. The van der Waals surface area contributed by atoms with Gasteiger partial charge in [0.05, 0.1) is 25.0 Å². The highest BCUT2D eigenvalue weighted by atomic mass is 16.5. The number of rotatable bonds is 7. The average Bonchev–Trinajstić information content (AvgIpc) is 3.22. The molecule has 1 aliphatic heterocycles. The van der Waals surface area contributed by atoms with Crippen molar-refractivity contribution >= 4 is 28.9 Å². The van der Waals surface area contributed by atoms with Crippen molar-refractivity contribution < 1.29 is 29.6 Å². The molecule has 13 heteroatoms. The number of fused-ring (bicyclic) bond motifs is 1. The molecule has 0 aliphatic carbocycles. The summed E-state index contributed by atoms with van der Waals surface area (Å²) in [5.74, 6) is -1.58. The third-order valence-electron chi connectivity index (χ3n) is 4.53. The van der Waals surface area contributed by atoms with Gasteiger partial charge in [-0.3, -0.25) is 14.2 Å². The molecule has 0 bridgehead atoms. The van der Waals surface area contributed by atoms with Gasteiger partial charge in [0, 0.05) is 6.42 Å². The molecule has 3 heterocycles. The van der Waals surface area contributed by atoms with Crippen LogP contribution >= 0.6 is 0 Å². The fourth-order valence-electron chi connectivity index (χ4n) is 3.04. The lowest BCUT2D eigenvalue weighted by Crippen LogP contribution is -2.53. The van der Waals surface area contributed by atoms with E-state index in [1.54, 1.807) is 0 Å². The number of carbonyl (C=O) groups excluding carboxylic acids is 1. The number of nitrogens with two attached hydrogens (primary N) is 2. The van der Waals surface area contributed by atoms with Gasteiger partial charge in [-0.15, -0.1) is 0 Å². The molecule has 0 spiro atoms. The Kier molecular flexibility index (Phi) is 5.69. The maximum atomic E-state index is 12.2. The minimum Gasteiger partial charge on any atom is -0.481 e. The van der Waals surface area contributed by atoms with Crippen molar-refractivity contribution in [2.24, 2.45) is 5.73 Å². The highest BCUT2D eigenvalue weighted by Gasteiger charge is 2.46. The number of hydrogen-bond donors (Lipinski definition) is 6. The van der Waals surface area contributed by atoms with E-state index in [4.69, 9.17) is 21.3 Å². The van der Waals surface area contributed by atoms with E-state index >= 15 is 0 Å². The Bertz CT molecular complexity index is 874. The summed E-state index contributed by atoms with van der Waals surface area (Å²) in [6.45, 7) is -0.480. The van der Waals surface area contributed by atoms with Crippen LogP contribution in [0.4, 0.5) is 5.82 Å². The number of imidazole rings is 1. The zero-order valence-electron chi connectivity index (χ0n) is 14.7. The van der Waals surface area contributed by atoms with E-state index in [-0.39, 0.29) is 18.7 Å². The Labute approximate surface area is 158 Å². The number of amides is 1. The molecule has 1 fully saturated rings. The first-order chi connectivity index (χ1) is 13.3. The van der Waals surface area contributed by atoms with Crippen LogP contribution in [0.15, 0.2) is 12.7 Å². The SMILES string of the molecule is Nc1ncnc2c1ncn2[C@H]1O[C@@H](CO)[C@@H](NC(=O)[C@H](N)CCC(=O)O)[C@H]1O. The van der Waals surface area contributed by atoms with Gasteiger partial charge in [0.25, 0.3) is 0 Å². The Morgan fingerprint density at radius 3 is 2.79 bits per heavy atom. The first kappa shape index (κ1) is 19.9. The second-order valence-corrected chi connectivity index (χ2v) is 6.39. The number of aliphatic hydroxyl groups excluding tert-OH is 2. The first-order valence-corrected chi connectivity index (χ1v) is 8.48. The van der Waals surface area contributed by atoms with Crippen molar-refractivity contribution in [2.45, 2.75) is 43.4 Å². The van der Waals surface area contributed by atoms with Gasteiger partial charge in [0.15, 0.2) is 17.7 Å². The molecule has 1 saturated heterocycles. The summed E-state index contributed by atoms with van der Waals surface area (Å²) < 4.78 is 7.11. The Balaban J connectivity index is 1.77. The maximum absolute atomic E-state index is 12.2.